The molecule has 0 N–H and O–H groups in total. The second-order valence-corrected chi connectivity index (χ2v) is 8.93. The monoisotopic (exact) mass is 464 g/mol. The first kappa shape index (κ1) is 23.0. The summed E-state index contributed by atoms with van der Waals surface area (Å²) in [5.41, 5.74) is 3.04. The summed E-state index contributed by atoms with van der Waals surface area (Å²) < 4.78 is 7.18. The van der Waals surface area contributed by atoms with Crippen molar-refractivity contribution < 1.29 is 14.3 Å². The molecule has 1 atom stereocenters. The molecule has 0 bridgehead atoms. The number of nitrogens with zero attached hydrogens (tertiary/aromatic N) is 4. The number of ether oxygens (including phenoxy) is 1. The topological polar surface area (TPSA) is 77.3 Å². The van der Waals surface area contributed by atoms with Gasteiger partial charge in [0, 0.05) is 17.8 Å². The van der Waals surface area contributed by atoms with Gasteiger partial charge >= 0.3 is 5.97 Å². The Morgan fingerprint density at radius 1 is 1.06 bits per heavy atom. The van der Waals surface area contributed by atoms with Gasteiger partial charge in [0.2, 0.25) is 5.91 Å². The zero-order chi connectivity index (χ0) is 23.2. The molecule has 0 aliphatic carbocycles. The van der Waals surface area contributed by atoms with E-state index in [9.17, 15) is 9.59 Å². The van der Waals surface area contributed by atoms with Crippen molar-refractivity contribution in [2.24, 2.45) is 0 Å². The van der Waals surface area contributed by atoms with Crippen LogP contribution in [0.25, 0.3) is 17.1 Å². The number of carbonyl (C=O) groups is 2. The highest BCUT2D eigenvalue weighted by Gasteiger charge is 2.33. The number of hydrogen-bond acceptors (Lipinski definition) is 6. The van der Waals surface area contributed by atoms with E-state index >= 15 is 0 Å². The zero-order valence-electron chi connectivity index (χ0n) is 18.9. The quantitative estimate of drug-likeness (QED) is 0.384. The Labute approximate surface area is 198 Å². The van der Waals surface area contributed by atoms with Gasteiger partial charge in [0.05, 0.1) is 12.4 Å². The third kappa shape index (κ3) is 5.27. The van der Waals surface area contributed by atoms with Crippen LogP contribution < -0.4 is 0 Å². The first-order valence-corrected chi connectivity index (χ1v) is 12.2. The maximum atomic E-state index is 13.1. The van der Waals surface area contributed by atoms with Gasteiger partial charge < -0.3 is 9.64 Å². The second-order valence-electron chi connectivity index (χ2n) is 7.98. The van der Waals surface area contributed by atoms with Crippen LogP contribution in [-0.2, 0) is 14.3 Å². The average molecular weight is 465 g/mol. The summed E-state index contributed by atoms with van der Waals surface area (Å²) in [6, 6.07) is 17.5. The summed E-state index contributed by atoms with van der Waals surface area (Å²) in [7, 11) is 0. The van der Waals surface area contributed by atoms with Crippen LogP contribution >= 0.6 is 11.8 Å². The van der Waals surface area contributed by atoms with Crippen LogP contribution in [0.15, 0.2) is 59.8 Å². The minimum Gasteiger partial charge on any atom is -0.464 e. The van der Waals surface area contributed by atoms with Crippen molar-refractivity contribution in [2.45, 2.75) is 44.3 Å². The van der Waals surface area contributed by atoms with Crippen LogP contribution in [0.5, 0.6) is 0 Å². The SMILES string of the molecule is CCOC(=O)[C@@H]1CCCCN1C(=O)CSc1nnc(-c2ccccc2)n1-c1ccc(C)cc1. The van der Waals surface area contributed by atoms with E-state index in [0.29, 0.717) is 24.7 Å². The largest absolute Gasteiger partial charge is 0.464 e. The van der Waals surface area contributed by atoms with Crippen LogP contribution in [-0.4, -0.2) is 56.5 Å². The molecule has 1 aromatic heterocycles. The molecule has 1 aliphatic rings. The highest BCUT2D eigenvalue weighted by atomic mass is 32.2. The lowest BCUT2D eigenvalue weighted by molar-refractivity contribution is -0.155. The highest BCUT2D eigenvalue weighted by Crippen LogP contribution is 2.29. The molecular formula is C25H28N4O3S. The van der Waals surface area contributed by atoms with Gasteiger partial charge in [-0.1, -0.05) is 59.8 Å². The lowest BCUT2D eigenvalue weighted by Gasteiger charge is -2.33. The Balaban J connectivity index is 1.58. The number of benzene rings is 2. The van der Waals surface area contributed by atoms with Crippen LogP contribution in [0.4, 0.5) is 0 Å². The number of aromatic nitrogens is 3. The molecule has 0 unspecified atom stereocenters. The lowest BCUT2D eigenvalue weighted by Crippen LogP contribution is -2.49. The number of thioether (sulfide) groups is 1. The van der Waals surface area contributed by atoms with Gasteiger partial charge in [-0.3, -0.25) is 9.36 Å². The summed E-state index contributed by atoms with van der Waals surface area (Å²) in [6.07, 6.45) is 2.46. The smallest absolute Gasteiger partial charge is 0.328 e. The molecular weight excluding hydrogens is 436 g/mol. The van der Waals surface area contributed by atoms with E-state index < -0.39 is 6.04 Å². The van der Waals surface area contributed by atoms with E-state index in [0.717, 1.165) is 35.5 Å². The minimum absolute atomic E-state index is 0.0857. The van der Waals surface area contributed by atoms with Gasteiger partial charge in [-0.25, -0.2) is 4.79 Å². The number of rotatable bonds is 7. The summed E-state index contributed by atoms with van der Waals surface area (Å²) >= 11 is 1.34. The van der Waals surface area contributed by atoms with Crippen molar-refractivity contribution in [1.29, 1.82) is 0 Å². The molecule has 1 fully saturated rings. The van der Waals surface area contributed by atoms with E-state index in [1.54, 1.807) is 11.8 Å². The van der Waals surface area contributed by atoms with Crippen molar-refractivity contribution in [3.63, 3.8) is 0 Å². The molecule has 33 heavy (non-hydrogen) atoms. The van der Waals surface area contributed by atoms with Gasteiger partial charge in [-0.05, 0) is 45.2 Å². The predicted molar refractivity (Wildman–Crippen MR) is 128 cm³/mol. The molecule has 7 nitrogen and oxygen atoms in total. The van der Waals surface area contributed by atoms with Gasteiger partial charge in [-0.15, -0.1) is 10.2 Å². The fourth-order valence-electron chi connectivity index (χ4n) is 3.99. The van der Waals surface area contributed by atoms with E-state index in [4.69, 9.17) is 4.74 Å². The maximum absolute atomic E-state index is 13.1. The molecule has 0 spiro atoms. The molecule has 0 radical (unpaired) electrons. The lowest BCUT2D eigenvalue weighted by atomic mass is 10.0. The van der Waals surface area contributed by atoms with Crippen molar-refractivity contribution in [3.8, 4) is 17.1 Å². The molecule has 3 aromatic rings. The van der Waals surface area contributed by atoms with Gasteiger partial charge in [-0.2, -0.15) is 0 Å². The summed E-state index contributed by atoms with van der Waals surface area (Å²) in [5, 5.41) is 9.48. The Kier molecular flexibility index (Phi) is 7.44. The normalized spacial score (nSPS) is 15.9. The van der Waals surface area contributed by atoms with Crippen LogP contribution in [0.2, 0.25) is 0 Å². The first-order chi connectivity index (χ1) is 16.1. The highest BCUT2D eigenvalue weighted by molar-refractivity contribution is 7.99. The molecule has 2 aromatic carbocycles. The summed E-state index contributed by atoms with van der Waals surface area (Å²) in [5.74, 6) is 0.494. The van der Waals surface area contributed by atoms with Crippen molar-refractivity contribution in [1.82, 2.24) is 19.7 Å². The third-order valence-corrected chi connectivity index (χ3v) is 6.58. The molecule has 2 heterocycles. The molecule has 1 aliphatic heterocycles. The fourth-order valence-corrected chi connectivity index (χ4v) is 4.82. The Bertz CT molecular complexity index is 1100. The zero-order valence-corrected chi connectivity index (χ0v) is 19.8. The predicted octanol–water partition coefficient (Wildman–Crippen LogP) is 4.28. The number of piperidine rings is 1. The van der Waals surface area contributed by atoms with Crippen molar-refractivity contribution in [3.05, 3.63) is 60.2 Å². The van der Waals surface area contributed by atoms with Gasteiger partial charge in [0.25, 0.3) is 0 Å². The first-order valence-electron chi connectivity index (χ1n) is 11.2. The van der Waals surface area contributed by atoms with E-state index in [1.807, 2.05) is 66.1 Å². The fraction of sp³-hybridized carbons (Fsp3) is 0.360. The second kappa shape index (κ2) is 10.7. The number of aryl methyl sites for hydroxylation is 1. The molecule has 172 valence electrons. The summed E-state index contributed by atoms with van der Waals surface area (Å²) in [6.45, 7) is 4.71. The van der Waals surface area contributed by atoms with Crippen LogP contribution in [0.1, 0.15) is 31.7 Å². The standard InChI is InChI=1S/C25H28N4O3S/c1-3-32-24(31)21-11-7-8-16-28(21)22(30)17-33-25-27-26-23(19-9-5-4-6-10-19)29(25)20-14-12-18(2)13-15-20/h4-6,9-10,12-15,21H,3,7-8,11,16-17H2,1-2H3/t21-/m0/s1. The van der Waals surface area contributed by atoms with Crippen molar-refractivity contribution in [2.75, 3.05) is 18.9 Å². The molecule has 1 amide bonds. The Hall–Kier alpha value is -3.13. The summed E-state index contributed by atoms with van der Waals surface area (Å²) in [4.78, 5) is 27.1. The molecule has 8 heteroatoms. The molecule has 4 rings (SSSR count). The molecule has 1 saturated heterocycles. The average Bonchev–Trinajstić information content (AvgIpc) is 3.27. The Morgan fingerprint density at radius 3 is 2.55 bits per heavy atom. The van der Waals surface area contributed by atoms with Gasteiger partial charge in [0.15, 0.2) is 11.0 Å². The van der Waals surface area contributed by atoms with E-state index in [1.165, 1.54) is 11.8 Å². The third-order valence-electron chi connectivity index (χ3n) is 5.66. The van der Waals surface area contributed by atoms with Crippen LogP contribution in [0.3, 0.4) is 0 Å². The van der Waals surface area contributed by atoms with Crippen molar-refractivity contribution >= 4 is 23.6 Å². The Morgan fingerprint density at radius 2 is 1.82 bits per heavy atom. The number of esters is 1. The van der Waals surface area contributed by atoms with E-state index in [2.05, 4.69) is 10.2 Å². The van der Waals surface area contributed by atoms with Crippen LogP contribution in [0, 0.1) is 6.92 Å². The number of carbonyl (C=O) groups excluding carboxylic acids is 2. The minimum atomic E-state index is -0.498. The number of hydrogen-bond donors (Lipinski definition) is 0. The number of likely N-dealkylation sites (tertiary alicyclic amines) is 1. The van der Waals surface area contributed by atoms with E-state index in [-0.39, 0.29) is 17.6 Å². The molecule has 0 saturated carbocycles. The number of amides is 1. The van der Waals surface area contributed by atoms with Gasteiger partial charge in [0.1, 0.15) is 6.04 Å². The maximum Gasteiger partial charge on any atom is 0.328 e.